The number of hydrogen-bond donors (Lipinski definition) is 2. The minimum absolute atomic E-state index is 0.234. The molecule has 0 spiro atoms. The summed E-state index contributed by atoms with van der Waals surface area (Å²) in [5, 5.41) is 10.4. The second-order valence-electron chi connectivity index (χ2n) is 5.58. The molecule has 0 aromatic carbocycles. The smallest absolute Gasteiger partial charge is 0.218 e. The van der Waals surface area contributed by atoms with Gasteiger partial charge in [-0.05, 0) is 36.1 Å². The van der Waals surface area contributed by atoms with E-state index in [-0.39, 0.29) is 4.21 Å². The number of rotatable bonds is 6. The monoisotopic (exact) mass is 376 g/mol. The lowest BCUT2D eigenvalue weighted by atomic mass is 10.3. The summed E-state index contributed by atoms with van der Waals surface area (Å²) in [5.41, 5.74) is 1.12. The van der Waals surface area contributed by atoms with E-state index < -0.39 is 11.1 Å². The Morgan fingerprint density at radius 3 is 2.84 bits per heavy atom. The molecular formula is C15H14N5O3S2-. The maximum absolute atomic E-state index is 11.1. The first-order valence-corrected chi connectivity index (χ1v) is 9.46. The maximum Gasteiger partial charge on any atom is 0.218 e. The molecule has 0 radical (unpaired) electrons. The first-order chi connectivity index (χ1) is 12.1. The summed E-state index contributed by atoms with van der Waals surface area (Å²) in [7, 11) is 1.52. The summed E-state index contributed by atoms with van der Waals surface area (Å²) >= 11 is -1.17. The van der Waals surface area contributed by atoms with Gasteiger partial charge in [-0.2, -0.15) is 10.1 Å². The van der Waals surface area contributed by atoms with Crippen LogP contribution in [0.15, 0.2) is 28.5 Å². The Bertz CT molecular complexity index is 935. The summed E-state index contributed by atoms with van der Waals surface area (Å²) < 4.78 is 27.6. The number of nitrogens with zero attached hydrogens (tertiary/aromatic N) is 3. The van der Waals surface area contributed by atoms with Gasteiger partial charge in [-0.25, -0.2) is 4.98 Å². The van der Waals surface area contributed by atoms with Crippen LogP contribution in [0.1, 0.15) is 24.5 Å². The third-order valence-corrected chi connectivity index (χ3v) is 5.75. The third kappa shape index (κ3) is 3.55. The second-order valence-corrected chi connectivity index (χ2v) is 7.83. The Morgan fingerprint density at radius 1 is 1.32 bits per heavy atom. The fourth-order valence-electron chi connectivity index (χ4n) is 2.37. The van der Waals surface area contributed by atoms with Crippen molar-refractivity contribution in [3.05, 3.63) is 30.0 Å². The fraction of sp³-hybridized carbons (Fsp3) is 0.267. The Labute approximate surface area is 150 Å². The highest BCUT2D eigenvalue weighted by molar-refractivity contribution is 7.81. The second kappa shape index (κ2) is 6.54. The van der Waals surface area contributed by atoms with Gasteiger partial charge < -0.3 is 14.6 Å². The normalized spacial score (nSPS) is 15.1. The molecule has 3 aromatic heterocycles. The molecule has 1 aliphatic carbocycles. The van der Waals surface area contributed by atoms with Crippen molar-refractivity contribution in [3.8, 4) is 16.6 Å². The van der Waals surface area contributed by atoms with Crippen LogP contribution >= 0.6 is 11.3 Å². The van der Waals surface area contributed by atoms with Gasteiger partial charge in [0.05, 0.1) is 16.2 Å². The number of aromatic amines is 1. The molecule has 1 saturated carbocycles. The Morgan fingerprint density at radius 2 is 2.16 bits per heavy atom. The summed E-state index contributed by atoms with van der Waals surface area (Å²) in [6.45, 7) is 0. The SMILES string of the molecule is COc1cc(Nc2cc(C3CC3)[nH]n2)nc(-c2ccc(S(=O)[O-])s2)n1. The molecule has 0 bridgehead atoms. The van der Waals surface area contributed by atoms with E-state index in [9.17, 15) is 8.76 Å². The van der Waals surface area contributed by atoms with Crippen molar-refractivity contribution in [2.45, 2.75) is 23.0 Å². The highest BCUT2D eigenvalue weighted by Crippen LogP contribution is 2.39. The van der Waals surface area contributed by atoms with Crippen molar-refractivity contribution >= 4 is 34.1 Å². The minimum Gasteiger partial charge on any atom is -0.768 e. The molecule has 25 heavy (non-hydrogen) atoms. The molecule has 0 amide bonds. The van der Waals surface area contributed by atoms with E-state index in [1.54, 1.807) is 12.1 Å². The molecule has 8 nitrogen and oxygen atoms in total. The largest absolute Gasteiger partial charge is 0.768 e. The Balaban J connectivity index is 1.63. The first kappa shape index (κ1) is 16.2. The first-order valence-electron chi connectivity index (χ1n) is 7.57. The Hall–Kier alpha value is -2.30. The highest BCUT2D eigenvalue weighted by atomic mass is 32.2. The van der Waals surface area contributed by atoms with Crippen LogP contribution in [0.4, 0.5) is 11.6 Å². The van der Waals surface area contributed by atoms with Crippen LogP contribution < -0.4 is 10.1 Å². The molecule has 4 rings (SSSR count). The van der Waals surface area contributed by atoms with Gasteiger partial charge in [-0.1, -0.05) is 0 Å². The predicted molar refractivity (Wildman–Crippen MR) is 92.9 cm³/mol. The molecule has 1 atom stereocenters. The number of H-pyrrole nitrogens is 1. The molecule has 3 aromatic rings. The number of thiophene rings is 1. The van der Waals surface area contributed by atoms with Crippen molar-refractivity contribution in [3.63, 3.8) is 0 Å². The van der Waals surface area contributed by atoms with E-state index in [1.165, 1.54) is 26.0 Å². The van der Waals surface area contributed by atoms with E-state index >= 15 is 0 Å². The standard InChI is InChI=1S/C15H15N5O3S2/c1-23-13-7-11(16-12-6-9(19-20-12)8-2-3-8)17-15(18-13)10-4-5-14(24-10)25(21)22/h4-8H,2-3H2,1H3,(H,21,22)(H2,16,17,18,19,20)/p-1. The van der Waals surface area contributed by atoms with Crippen LogP contribution in [0, 0.1) is 0 Å². The molecule has 1 fully saturated rings. The number of hydrogen-bond acceptors (Lipinski definition) is 8. The van der Waals surface area contributed by atoms with E-state index in [1.807, 2.05) is 6.07 Å². The summed E-state index contributed by atoms with van der Waals surface area (Å²) in [4.78, 5) is 9.37. The van der Waals surface area contributed by atoms with Gasteiger partial charge in [-0.3, -0.25) is 9.31 Å². The molecule has 3 heterocycles. The molecule has 1 aliphatic rings. The van der Waals surface area contributed by atoms with Crippen LogP contribution in [0.5, 0.6) is 5.88 Å². The summed E-state index contributed by atoms with van der Waals surface area (Å²) in [5.74, 6) is 2.54. The van der Waals surface area contributed by atoms with Crippen LogP contribution in [0.25, 0.3) is 10.7 Å². The topological polar surface area (TPSA) is 116 Å². The maximum atomic E-state index is 11.1. The lowest BCUT2D eigenvalue weighted by Gasteiger charge is -2.07. The molecule has 1 unspecified atom stereocenters. The zero-order valence-corrected chi connectivity index (χ0v) is 14.8. The average molecular weight is 376 g/mol. The van der Waals surface area contributed by atoms with Gasteiger partial charge in [-0.15, -0.1) is 11.3 Å². The van der Waals surface area contributed by atoms with Gasteiger partial charge in [0, 0.05) is 23.7 Å². The molecular weight excluding hydrogens is 362 g/mol. The zero-order valence-electron chi connectivity index (χ0n) is 13.2. The number of aromatic nitrogens is 4. The minimum atomic E-state index is -2.27. The molecule has 0 saturated heterocycles. The molecule has 0 aliphatic heterocycles. The number of nitrogens with one attached hydrogen (secondary N) is 2. The van der Waals surface area contributed by atoms with Gasteiger partial charge in [0.25, 0.3) is 0 Å². The Kier molecular flexibility index (Phi) is 4.24. The van der Waals surface area contributed by atoms with Crippen molar-refractivity contribution in [1.29, 1.82) is 0 Å². The molecule has 10 heteroatoms. The van der Waals surface area contributed by atoms with E-state index in [2.05, 4.69) is 25.5 Å². The van der Waals surface area contributed by atoms with Crippen LogP contribution in [0.3, 0.4) is 0 Å². The van der Waals surface area contributed by atoms with Gasteiger partial charge in [0.15, 0.2) is 11.6 Å². The number of methoxy groups -OCH3 is 1. The number of anilines is 2. The third-order valence-electron chi connectivity index (χ3n) is 3.75. The van der Waals surface area contributed by atoms with Crippen molar-refractivity contribution in [2.75, 3.05) is 12.4 Å². The van der Waals surface area contributed by atoms with Crippen LogP contribution in [-0.4, -0.2) is 36.0 Å². The van der Waals surface area contributed by atoms with E-state index in [0.717, 1.165) is 17.0 Å². The van der Waals surface area contributed by atoms with Gasteiger partial charge in [0.2, 0.25) is 5.88 Å². The quantitative estimate of drug-likeness (QED) is 0.635. The van der Waals surface area contributed by atoms with Crippen molar-refractivity contribution in [1.82, 2.24) is 20.2 Å². The molecule has 130 valence electrons. The average Bonchev–Trinajstić information content (AvgIpc) is 3.15. The predicted octanol–water partition coefficient (Wildman–Crippen LogP) is 2.80. The van der Waals surface area contributed by atoms with Crippen molar-refractivity contribution in [2.24, 2.45) is 0 Å². The summed E-state index contributed by atoms with van der Waals surface area (Å²) in [6.07, 6.45) is 2.38. The number of ether oxygens (including phenoxy) is 1. The zero-order chi connectivity index (χ0) is 17.4. The van der Waals surface area contributed by atoms with E-state index in [0.29, 0.717) is 34.1 Å². The molecule has 2 N–H and O–H groups in total. The van der Waals surface area contributed by atoms with Crippen LogP contribution in [-0.2, 0) is 11.1 Å². The van der Waals surface area contributed by atoms with Crippen molar-refractivity contribution < 1.29 is 13.5 Å². The van der Waals surface area contributed by atoms with Gasteiger partial charge >= 0.3 is 0 Å². The highest BCUT2D eigenvalue weighted by Gasteiger charge is 2.25. The van der Waals surface area contributed by atoms with Crippen LogP contribution in [0.2, 0.25) is 0 Å². The van der Waals surface area contributed by atoms with Gasteiger partial charge in [0.1, 0.15) is 5.82 Å². The van der Waals surface area contributed by atoms with E-state index in [4.69, 9.17) is 4.74 Å². The summed E-state index contributed by atoms with van der Waals surface area (Å²) in [6, 6.07) is 6.83. The fourth-order valence-corrected chi connectivity index (χ4v) is 3.76. The lowest BCUT2D eigenvalue weighted by molar-refractivity contribution is 0.398. The lowest BCUT2D eigenvalue weighted by Crippen LogP contribution is -1.99.